The summed E-state index contributed by atoms with van der Waals surface area (Å²) in [5, 5.41) is 2.46. The van der Waals surface area contributed by atoms with E-state index in [0.717, 1.165) is 16.7 Å². The molecule has 0 atom stereocenters. The number of methoxy groups -OCH3 is 2. The molecule has 2 heteroatoms. The fourth-order valence-corrected chi connectivity index (χ4v) is 2.83. The zero-order chi connectivity index (χ0) is 16.8. The van der Waals surface area contributed by atoms with Crippen LogP contribution in [0.3, 0.4) is 0 Å². The zero-order valence-corrected chi connectivity index (χ0v) is 13.9. The first kappa shape index (κ1) is 15.9. The Bertz CT molecular complexity index is 859. The highest BCUT2D eigenvalue weighted by Crippen LogP contribution is 2.32. The van der Waals surface area contributed by atoms with E-state index in [1.54, 1.807) is 26.7 Å². The SMILES string of the molecule is CO/C=C\c1cccc(/C=C\OC)c1-c1ccc2ccccc2c1. The molecule has 0 radical (unpaired) electrons. The van der Waals surface area contributed by atoms with Gasteiger partial charge in [0.1, 0.15) is 0 Å². The van der Waals surface area contributed by atoms with Crippen LogP contribution >= 0.6 is 0 Å². The Morgan fingerprint density at radius 2 is 1.29 bits per heavy atom. The van der Waals surface area contributed by atoms with Crippen LogP contribution in [0.1, 0.15) is 11.1 Å². The summed E-state index contributed by atoms with van der Waals surface area (Å²) in [6, 6.07) is 21.1. The van der Waals surface area contributed by atoms with Gasteiger partial charge in [0, 0.05) is 0 Å². The molecule has 0 fully saturated rings. The van der Waals surface area contributed by atoms with Crippen molar-refractivity contribution in [3.8, 4) is 11.1 Å². The van der Waals surface area contributed by atoms with Crippen molar-refractivity contribution in [1.82, 2.24) is 0 Å². The largest absolute Gasteiger partial charge is 0.504 e. The fraction of sp³-hybridized carbons (Fsp3) is 0.0909. The number of hydrogen-bond acceptors (Lipinski definition) is 2. The average molecular weight is 316 g/mol. The quantitative estimate of drug-likeness (QED) is 0.559. The predicted octanol–water partition coefficient (Wildman–Crippen LogP) is 5.74. The molecule has 0 saturated carbocycles. The van der Waals surface area contributed by atoms with Crippen molar-refractivity contribution >= 4 is 22.9 Å². The van der Waals surface area contributed by atoms with Crippen molar-refractivity contribution in [3.05, 3.63) is 84.3 Å². The molecule has 3 aromatic rings. The van der Waals surface area contributed by atoms with Crippen LogP contribution in [0.4, 0.5) is 0 Å². The lowest BCUT2D eigenvalue weighted by molar-refractivity contribution is 0.341. The third-order valence-corrected chi connectivity index (χ3v) is 3.93. The van der Waals surface area contributed by atoms with Gasteiger partial charge in [0.2, 0.25) is 0 Å². The van der Waals surface area contributed by atoms with E-state index in [9.17, 15) is 0 Å². The molecule has 0 amide bonds. The second-order valence-electron chi connectivity index (χ2n) is 5.45. The molecule has 0 saturated heterocycles. The molecule has 0 aliphatic carbocycles. The molecule has 0 spiro atoms. The maximum atomic E-state index is 5.10. The summed E-state index contributed by atoms with van der Waals surface area (Å²) >= 11 is 0. The molecule has 0 heterocycles. The number of fused-ring (bicyclic) bond motifs is 1. The summed E-state index contributed by atoms with van der Waals surface area (Å²) in [6.45, 7) is 0. The van der Waals surface area contributed by atoms with Crippen LogP contribution in [0.15, 0.2) is 73.2 Å². The summed E-state index contributed by atoms with van der Waals surface area (Å²) in [6.07, 6.45) is 7.36. The van der Waals surface area contributed by atoms with Crippen LogP contribution in [-0.4, -0.2) is 14.2 Å². The molecule has 3 aromatic carbocycles. The van der Waals surface area contributed by atoms with Crippen LogP contribution in [-0.2, 0) is 9.47 Å². The molecule has 0 aliphatic heterocycles. The van der Waals surface area contributed by atoms with Gasteiger partial charge in [-0.1, -0.05) is 54.6 Å². The first-order valence-corrected chi connectivity index (χ1v) is 7.84. The third-order valence-electron chi connectivity index (χ3n) is 3.93. The molecule has 0 bridgehead atoms. The lowest BCUT2D eigenvalue weighted by atomic mass is 9.92. The summed E-state index contributed by atoms with van der Waals surface area (Å²) < 4.78 is 10.2. The Kier molecular flexibility index (Phi) is 4.97. The van der Waals surface area contributed by atoms with Gasteiger partial charge in [-0.25, -0.2) is 0 Å². The minimum absolute atomic E-state index is 1.10. The van der Waals surface area contributed by atoms with Gasteiger partial charge in [-0.05, 0) is 51.2 Å². The van der Waals surface area contributed by atoms with Crippen molar-refractivity contribution in [2.24, 2.45) is 0 Å². The number of benzene rings is 3. The van der Waals surface area contributed by atoms with Gasteiger partial charge in [-0.15, -0.1) is 0 Å². The van der Waals surface area contributed by atoms with E-state index >= 15 is 0 Å². The first-order valence-electron chi connectivity index (χ1n) is 7.84. The van der Waals surface area contributed by atoms with Gasteiger partial charge in [0.25, 0.3) is 0 Å². The molecule has 2 nitrogen and oxygen atoms in total. The predicted molar refractivity (Wildman–Crippen MR) is 101 cm³/mol. The van der Waals surface area contributed by atoms with E-state index in [-0.39, 0.29) is 0 Å². The van der Waals surface area contributed by atoms with E-state index < -0.39 is 0 Å². The van der Waals surface area contributed by atoms with Gasteiger partial charge in [0.05, 0.1) is 26.7 Å². The maximum Gasteiger partial charge on any atom is 0.0830 e. The average Bonchev–Trinajstić information content (AvgIpc) is 2.64. The number of rotatable bonds is 5. The van der Waals surface area contributed by atoms with Crippen LogP contribution < -0.4 is 0 Å². The van der Waals surface area contributed by atoms with E-state index in [1.165, 1.54) is 16.3 Å². The van der Waals surface area contributed by atoms with Crippen LogP contribution in [0.2, 0.25) is 0 Å². The standard InChI is InChI=1S/C22H20O2/c1-23-14-12-18-8-5-9-19(13-15-24-2)22(18)21-11-10-17-6-3-4-7-20(17)16-21/h3-16H,1-2H3/b14-12-,15-13-. The molecular formula is C22H20O2. The Labute approximate surface area is 142 Å². The fourth-order valence-electron chi connectivity index (χ4n) is 2.83. The Hall–Kier alpha value is -3.00. The third kappa shape index (κ3) is 3.33. The summed E-state index contributed by atoms with van der Waals surface area (Å²) in [4.78, 5) is 0. The van der Waals surface area contributed by atoms with Gasteiger partial charge in [-0.2, -0.15) is 0 Å². The van der Waals surface area contributed by atoms with Gasteiger partial charge < -0.3 is 9.47 Å². The summed E-state index contributed by atoms with van der Waals surface area (Å²) in [5.41, 5.74) is 4.53. The molecule has 0 N–H and O–H groups in total. The van der Waals surface area contributed by atoms with Crippen LogP contribution in [0.25, 0.3) is 34.1 Å². The first-order chi connectivity index (χ1) is 11.8. The van der Waals surface area contributed by atoms with Crippen molar-refractivity contribution in [2.75, 3.05) is 14.2 Å². The highest BCUT2D eigenvalue weighted by atomic mass is 16.5. The highest BCUT2D eigenvalue weighted by Gasteiger charge is 2.08. The molecule has 0 unspecified atom stereocenters. The minimum Gasteiger partial charge on any atom is -0.504 e. The van der Waals surface area contributed by atoms with E-state index in [4.69, 9.17) is 9.47 Å². The van der Waals surface area contributed by atoms with Crippen LogP contribution in [0, 0.1) is 0 Å². The van der Waals surface area contributed by atoms with Gasteiger partial charge in [0.15, 0.2) is 0 Å². The van der Waals surface area contributed by atoms with Gasteiger partial charge in [-0.3, -0.25) is 0 Å². The second-order valence-corrected chi connectivity index (χ2v) is 5.45. The monoisotopic (exact) mass is 316 g/mol. The van der Waals surface area contributed by atoms with E-state index in [2.05, 4.69) is 54.6 Å². The Morgan fingerprint density at radius 1 is 0.667 bits per heavy atom. The normalized spacial score (nSPS) is 11.4. The van der Waals surface area contributed by atoms with Crippen molar-refractivity contribution < 1.29 is 9.47 Å². The Morgan fingerprint density at radius 3 is 1.92 bits per heavy atom. The number of ether oxygens (including phenoxy) is 2. The van der Waals surface area contributed by atoms with Crippen LogP contribution in [0.5, 0.6) is 0 Å². The maximum absolute atomic E-state index is 5.10. The van der Waals surface area contributed by atoms with E-state index in [0.29, 0.717) is 0 Å². The molecule has 24 heavy (non-hydrogen) atoms. The van der Waals surface area contributed by atoms with Crippen molar-refractivity contribution in [1.29, 1.82) is 0 Å². The second kappa shape index (κ2) is 7.51. The lowest BCUT2D eigenvalue weighted by Crippen LogP contribution is -1.89. The summed E-state index contributed by atoms with van der Waals surface area (Å²) in [7, 11) is 3.31. The van der Waals surface area contributed by atoms with E-state index in [1.807, 2.05) is 18.2 Å². The summed E-state index contributed by atoms with van der Waals surface area (Å²) in [5.74, 6) is 0. The Balaban J connectivity index is 2.21. The molecular weight excluding hydrogens is 296 g/mol. The lowest BCUT2D eigenvalue weighted by Gasteiger charge is -2.12. The van der Waals surface area contributed by atoms with Crippen molar-refractivity contribution in [2.45, 2.75) is 0 Å². The molecule has 3 rings (SSSR count). The molecule has 0 aromatic heterocycles. The van der Waals surface area contributed by atoms with Gasteiger partial charge >= 0.3 is 0 Å². The highest BCUT2D eigenvalue weighted by molar-refractivity contribution is 5.91. The minimum atomic E-state index is 1.10. The van der Waals surface area contributed by atoms with Crippen molar-refractivity contribution in [3.63, 3.8) is 0 Å². The topological polar surface area (TPSA) is 18.5 Å². The molecule has 0 aliphatic rings. The zero-order valence-electron chi connectivity index (χ0n) is 13.9. The smallest absolute Gasteiger partial charge is 0.0830 e. The molecule has 120 valence electrons. The number of hydrogen-bond donors (Lipinski definition) is 0.